The Labute approximate surface area is 149 Å². The van der Waals surface area contributed by atoms with Gasteiger partial charge < -0.3 is 14.4 Å². The zero-order valence-corrected chi connectivity index (χ0v) is 15.2. The van der Waals surface area contributed by atoms with Crippen LogP contribution in [0.25, 0.3) is 0 Å². The second-order valence-corrected chi connectivity index (χ2v) is 7.19. The molecule has 2 aromatic rings. The fourth-order valence-electron chi connectivity index (χ4n) is 3.91. The summed E-state index contributed by atoms with van der Waals surface area (Å²) in [6.45, 7) is 8.60. The molecule has 0 radical (unpaired) electrons. The summed E-state index contributed by atoms with van der Waals surface area (Å²) in [4.78, 5) is 21.7. The first-order chi connectivity index (χ1) is 12.1. The van der Waals surface area contributed by atoms with Gasteiger partial charge in [-0.1, -0.05) is 12.1 Å². The summed E-state index contributed by atoms with van der Waals surface area (Å²) in [7, 11) is 0. The van der Waals surface area contributed by atoms with Gasteiger partial charge in [0, 0.05) is 51.0 Å². The van der Waals surface area contributed by atoms with Crippen molar-refractivity contribution >= 4 is 11.6 Å². The second kappa shape index (κ2) is 6.54. The highest BCUT2D eigenvalue weighted by atomic mass is 16.2. The standard InChI is InChI=1S/C20H26N4O/c1-15-6-5-7-18(16(15)2)22-10-12-23(13-11-22)20(25)17-14-24-9-4-3-8-19(24)21-17/h5-7,14H,3-4,8-13H2,1-2H3. The maximum absolute atomic E-state index is 12.8. The van der Waals surface area contributed by atoms with Crippen molar-refractivity contribution in [2.24, 2.45) is 0 Å². The van der Waals surface area contributed by atoms with E-state index in [9.17, 15) is 4.79 Å². The van der Waals surface area contributed by atoms with Gasteiger partial charge in [0.15, 0.2) is 0 Å². The number of nitrogens with zero attached hydrogens (tertiary/aromatic N) is 4. The van der Waals surface area contributed by atoms with E-state index in [1.165, 1.54) is 29.7 Å². The topological polar surface area (TPSA) is 41.4 Å². The summed E-state index contributed by atoms with van der Waals surface area (Å²) in [6.07, 6.45) is 5.31. The van der Waals surface area contributed by atoms with Crippen LogP contribution in [0.15, 0.2) is 24.4 Å². The molecule has 0 aliphatic carbocycles. The van der Waals surface area contributed by atoms with Crippen LogP contribution >= 0.6 is 0 Å². The van der Waals surface area contributed by atoms with Gasteiger partial charge in [0.05, 0.1) is 0 Å². The van der Waals surface area contributed by atoms with Crippen LogP contribution in [0.1, 0.15) is 40.3 Å². The Kier molecular flexibility index (Phi) is 4.24. The number of anilines is 1. The van der Waals surface area contributed by atoms with Crippen molar-refractivity contribution in [1.82, 2.24) is 14.5 Å². The number of rotatable bonds is 2. The summed E-state index contributed by atoms with van der Waals surface area (Å²) in [5, 5.41) is 0. The number of imidazole rings is 1. The van der Waals surface area contributed by atoms with Gasteiger partial charge in [-0.3, -0.25) is 4.79 Å². The van der Waals surface area contributed by atoms with Crippen LogP contribution in [-0.2, 0) is 13.0 Å². The van der Waals surface area contributed by atoms with Crippen LogP contribution in [0.4, 0.5) is 5.69 Å². The van der Waals surface area contributed by atoms with Gasteiger partial charge in [-0.2, -0.15) is 0 Å². The second-order valence-electron chi connectivity index (χ2n) is 7.19. The third-order valence-corrected chi connectivity index (χ3v) is 5.61. The number of amides is 1. The molecule has 1 amide bonds. The van der Waals surface area contributed by atoms with Crippen LogP contribution in [0.2, 0.25) is 0 Å². The van der Waals surface area contributed by atoms with E-state index in [2.05, 4.69) is 46.5 Å². The molecule has 1 aromatic carbocycles. The van der Waals surface area contributed by atoms with Crippen LogP contribution < -0.4 is 4.90 Å². The van der Waals surface area contributed by atoms with E-state index in [4.69, 9.17) is 0 Å². The Morgan fingerprint density at radius 1 is 1.04 bits per heavy atom. The van der Waals surface area contributed by atoms with Gasteiger partial charge in [-0.05, 0) is 43.9 Å². The fraction of sp³-hybridized carbons (Fsp3) is 0.500. The monoisotopic (exact) mass is 338 g/mol. The predicted molar refractivity (Wildman–Crippen MR) is 99.2 cm³/mol. The molecule has 3 heterocycles. The van der Waals surface area contributed by atoms with Crippen molar-refractivity contribution in [3.8, 4) is 0 Å². The van der Waals surface area contributed by atoms with Crippen LogP contribution in [-0.4, -0.2) is 46.5 Å². The lowest BCUT2D eigenvalue weighted by molar-refractivity contribution is 0.0741. The molecule has 1 aromatic heterocycles. The van der Waals surface area contributed by atoms with Crippen LogP contribution in [0.3, 0.4) is 0 Å². The van der Waals surface area contributed by atoms with Crippen molar-refractivity contribution in [2.75, 3.05) is 31.1 Å². The molecule has 5 heteroatoms. The molecule has 0 unspecified atom stereocenters. The first-order valence-electron chi connectivity index (χ1n) is 9.30. The highest BCUT2D eigenvalue weighted by molar-refractivity contribution is 5.92. The molecule has 1 saturated heterocycles. The lowest BCUT2D eigenvalue weighted by Gasteiger charge is -2.36. The van der Waals surface area contributed by atoms with E-state index >= 15 is 0 Å². The highest BCUT2D eigenvalue weighted by Gasteiger charge is 2.26. The lowest BCUT2D eigenvalue weighted by Crippen LogP contribution is -2.49. The smallest absolute Gasteiger partial charge is 0.274 e. The molecule has 4 rings (SSSR count). The summed E-state index contributed by atoms with van der Waals surface area (Å²) in [6, 6.07) is 6.45. The third kappa shape index (κ3) is 3.03. The van der Waals surface area contributed by atoms with E-state index in [1.807, 2.05) is 11.1 Å². The summed E-state index contributed by atoms with van der Waals surface area (Å²) < 4.78 is 2.16. The molecule has 2 aliphatic rings. The average molecular weight is 338 g/mol. The van der Waals surface area contributed by atoms with Crippen molar-refractivity contribution in [1.29, 1.82) is 0 Å². The van der Waals surface area contributed by atoms with Crippen LogP contribution in [0.5, 0.6) is 0 Å². The van der Waals surface area contributed by atoms with Gasteiger partial charge >= 0.3 is 0 Å². The Morgan fingerprint density at radius 3 is 2.60 bits per heavy atom. The first-order valence-corrected chi connectivity index (χ1v) is 9.30. The number of piperazine rings is 1. The normalized spacial score (nSPS) is 17.5. The first kappa shape index (κ1) is 16.2. The molecule has 0 bridgehead atoms. The highest BCUT2D eigenvalue weighted by Crippen LogP contribution is 2.24. The average Bonchev–Trinajstić information content (AvgIpc) is 3.08. The molecule has 0 N–H and O–H groups in total. The minimum Gasteiger partial charge on any atom is -0.368 e. The predicted octanol–water partition coefficient (Wildman–Crippen LogP) is 2.80. The number of hydrogen-bond acceptors (Lipinski definition) is 3. The van der Waals surface area contributed by atoms with Gasteiger partial charge in [0.1, 0.15) is 11.5 Å². The van der Waals surface area contributed by atoms with E-state index in [-0.39, 0.29) is 5.91 Å². The number of carbonyl (C=O) groups excluding carboxylic acids is 1. The lowest BCUT2D eigenvalue weighted by atomic mass is 10.1. The molecular weight excluding hydrogens is 312 g/mol. The van der Waals surface area contributed by atoms with Crippen molar-refractivity contribution in [3.05, 3.63) is 47.0 Å². The molecule has 25 heavy (non-hydrogen) atoms. The van der Waals surface area contributed by atoms with E-state index in [1.54, 1.807) is 0 Å². The Balaban J connectivity index is 1.44. The number of hydrogen-bond donors (Lipinski definition) is 0. The van der Waals surface area contributed by atoms with Gasteiger partial charge in [-0.15, -0.1) is 0 Å². The van der Waals surface area contributed by atoms with Crippen molar-refractivity contribution < 1.29 is 4.79 Å². The Morgan fingerprint density at radius 2 is 1.84 bits per heavy atom. The van der Waals surface area contributed by atoms with E-state index in [0.29, 0.717) is 5.69 Å². The van der Waals surface area contributed by atoms with E-state index in [0.717, 1.165) is 45.0 Å². The van der Waals surface area contributed by atoms with Crippen molar-refractivity contribution in [3.63, 3.8) is 0 Å². The SMILES string of the molecule is Cc1cccc(N2CCN(C(=O)c3cn4c(n3)CCCC4)CC2)c1C. The number of aromatic nitrogens is 2. The zero-order valence-electron chi connectivity index (χ0n) is 15.2. The molecular formula is C20H26N4O. The van der Waals surface area contributed by atoms with Gasteiger partial charge in [0.25, 0.3) is 5.91 Å². The molecule has 2 aliphatic heterocycles. The van der Waals surface area contributed by atoms with Gasteiger partial charge in [-0.25, -0.2) is 4.98 Å². The molecule has 1 fully saturated rings. The third-order valence-electron chi connectivity index (χ3n) is 5.61. The maximum Gasteiger partial charge on any atom is 0.274 e. The maximum atomic E-state index is 12.8. The number of aryl methyl sites for hydroxylation is 3. The quantitative estimate of drug-likeness (QED) is 0.845. The summed E-state index contributed by atoms with van der Waals surface area (Å²) in [5.41, 5.74) is 4.57. The minimum absolute atomic E-state index is 0.0857. The zero-order chi connectivity index (χ0) is 17.4. The minimum atomic E-state index is 0.0857. The molecule has 0 spiro atoms. The summed E-state index contributed by atoms with van der Waals surface area (Å²) >= 11 is 0. The number of fused-ring (bicyclic) bond motifs is 1. The number of benzene rings is 1. The molecule has 132 valence electrons. The van der Waals surface area contributed by atoms with Crippen LogP contribution in [0, 0.1) is 13.8 Å². The Bertz CT molecular complexity index is 763. The Hall–Kier alpha value is -2.30. The summed E-state index contributed by atoms with van der Waals surface area (Å²) in [5.74, 6) is 1.16. The van der Waals surface area contributed by atoms with Gasteiger partial charge in [0.2, 0.25) is 0 Å². The number of carbonyl (C=O) groups is 1. The largest absolute Gasteiger partial charge is 0.368 e. The molecule has 5 nitrogen and oxygen atoms in total. The van der Waals surface area contributed by atoms with E-state index < -0.39 is 0 Å². The van der Waals surface area contributed by atoms with Crippen molar-refractivity contribution in [2.45, 2.75) is 39.7 Å². The fourth-order valence-corrected chi connectivity index (χ4v) is 3.91. The molecule has 0 saturated carbocycles. The molecule has 0 atom stereocenters.